The number of halogens is 1. The Morgan fingerprint density at radius 2 is 1.95 bits per heavy atom. The van der Waals surface area contributed by atoms with Crippen molar-refractivity contribution in [1.29, 1.82) is 0 Å². The van der Waals surface area contributed by atoms with E-state index in [0.717, 1.165) is 31.1 Å². The molecule has 1 N–H and O–H groups in total. The molecule has 0 saturated carbocycles. The van der Waals surface area contributed by atoms with Crippen LogP contribution in [0.15, 0.2) is 36.8 Å². The molecule has 1 saturated heterocycles. The second-order valence-corrected chi connectivity index (χ2v) is 6.60. The molecule has 0 amide bonds. The van der Waals surface area contributed by atoms with Crippen LogP contribution < -0.4 is 5.32 Å². The monoisotopic (exact) mass is 303 g/mol. The van der Waals surface area contributed by atoms with Gasteiger partial charge in [0.2, 0.25) is 0 Å². The lowest BCUT2D eigenvalue weighted by molar-refractivity contribution is 0.316. The second-order valence-electron chi connectivity index (χ2n) is 6.16. The smallest absolute Gasteiger partial charge is 0.0948 e. The average molecular weight is 304 g/mol. The first-order chi connectivity index (χ1) is 10.2. The van der Waals surface area contributed by atoms with Gasteiger partial charge in [-0.25, -0.2) is 4.98 Å². The molecule has 1 aliphatic heterocycles. The topological polar surface area (TPSA) is 29.9 Å². The highest BCUT2D eigenvalue weighted by molar-refractivity contribution is 6.30. The Balaban J connectivity index is 1.72. The first-order valence-electron chi connectivity index (χ1n) is 7.63. The van der Waals surface area contributed by atoms with Gasteiger partial charge in [-0.05, 0) is 50.0 Å². The number of imidazole rings is 1. The third-order valence-electron chi connectivity index (χ3n) is 4.59. The molecule has 2 heterocycles. The molecule has 0 radical (unpaired) electrons. The molecule has 112 valence electrons. The van der Waals surface area contributed by atoms with Crippen LogP contribution in [0.3, 0.4) is 0 Å². The van der Waals surface area contributed by atoms with Crippen LogP contribution in [0.25, 0.3) is 0 Å². The summed E-state index contributed by atoms with van der Waals surface area (Å²) in [6.45, 7) is 5.53. The Bertz CT molecular complexity index is 582. The second kappa shape index (κ2) is 6.20. The Labute approximate surface area is 131 Å². The van der Waals surface area contributed by atoms with Crippen molar-refractivity contribution in [3.05, 3.63) is 53.1 Å². The van der Waals surface area contributed by atoms with E-state index in [-0.39, 0.29) is 5.41 Å². The van der Waals surface area contributed by atoms with Gasteiger partial charge in [0.15, 0.2) is 0 Å². The van der Waals surface area contributed by atoms with Crippen LogP contribution in [-0.4, -0.2) is 22.6 Å². The van der Waals surface area contributed by atoms with Gasteiger partial charge >= 0.3 is 0 Å². The third kappa shape index (κ3) is 3.30. The highest BCUT2D eigenvalue weighted by atomic mass is 35.5. The Morgan fingerprint density at radius 3 is 2.67 bits per heavy atom. The number of rotatable bonds is 4. The van der Waals surface area contributed by atoms with Crippen LogP contribution in [0.5, 0.6) is 0 Å². The quantitative estimate of drug-likeness (QED) is 0.938. The molecule has 0 aliphatic carbocycles. The zero-order valence-corrected chi connectivity index (χ0v) is 13.2. The van der Waals surface area contributed by atoms with E-state index >= 15 is 0 Å². The Kier molecular flexibility index (Phi) is 4.32. The van der Waals surface area contributed by atoms with Crippen LogP contribution in [0.1, 0.15) is 31.0 Å². The molecule has 0 atom stereocenters. The van der Waals surface area contributed by atoms with Crippen LogP contribution in [-0.2, 0) is 18.4 Å². The van der Waals surface area contributed by atoms with Crippen molar-refractivity contribution in [2.75, 3.05) is 13.1 Å². The fourth-order valence-electron chi connectivity index (χ4n) is 3.14. The van der Waals surface area contributed by atoms with Crippen LogP contribution in [0.4, 0.5) is 0 Å². The molecule has 2 aromatic rings. The molecule has 1 aliphatic rings. The highest BCUT2D eigenvalue weighted by Gasteiger charge is 2.31. The van der Waals surface area contributed by atoms with Crippen molar-refractivity contribution >= 4 is 11.6 Å². The normalized spacial score (nSPS) is 17.8. The molecule has 1 aromatic heterocycles. The number of aromatic nitrogens is 2. The minimum Gasteiger partial charge on any atom is -0.334 e. The van der Waals surface area contributed by atoms with Crippen LogP contribution in [0.2, 0.25) is 5.02 Å². The zero-order chi connectivity index (χ0) is 14.7. The number of nitrogens with one attached hydrogen (secondary N) is 1. The van der Waals surface area contributed by atoms with Crippen molar-refractivity contribution in [3.8, 4) is 0 Å². The lowest BCUT2D eigenvalue weighted by Crippen LogP contribution is -2.39. The lowest BCUT2D eigenvalue weighted by atomic mass is 9.78. The summed E-state index contributed by atoms with van der Waals surface area (Å²) < 4.78 is 2.32. The summed E-state index contributed by atoms with van der Waals surface area (Å²) in [6.07, 6.45) is 7.39. The largest absolute Gasteiger partial charge is 0.334 e. The Hall–Kier alpha value is -1.32. The lowest BCUT2D eigenvalue weighted by Gasteiger charge is -2.34. The molecule has 4 heteroatoms. The minimum absolute atomic E-state index is 0.252. The summed E-state index contributed by atoms with van der Waals surface area (Å²) in [7, 11) is 0. The molecule has 21 heavy (non-hydrogen) atoms. The molecule has 0 spiro atoms. The summed E-state index contributed by atoms with van der Waals surface area (Å²) in [5.41, 5.74) is 2.94. The maximum absolute atomic E-state index is 5.94. The predicted octanol–water partition coefficient (Wildman–Crippen LogP) is 3.42. The number of aryl methyl sites for hydroxylation is 2. The van der Waals surface area contributed by atoms with Crippen LogP contribution in [0, 0.1) is 0 Å². The van der Waals surface area contributed by atoms with Gasteiger partial charge in [0.05, 0.1) is 6.33 Å². The van der Waals surface area contributed by atoms with Gasteiger partial charge < -0.3 is 9.88 Å². The van der Waals surface area contributed by atoms with E-state index < -0.39 is 0 Å². The molecule has 1 fully saturated rings. The van der Waals surface area contributed by atoms with Crippen molar-refractivity contribution in [3.63, 3.8) is 0 Å². The van der Waals surface area contributed by atoms with Crippen molar-refractivity contribution in [1.82, 2.24) is 14.9 Å². The number of hydrogen-bond donors (Lipinski definition) is 1. The van der Waals surface area contributed by atoms with E-state index in [1.54, 1.807) is 0 Å². The fraction of sp³-hybridized carbons (Fsp3) is 0.471. The fourth-order valence-corrected chi connectivity index (χ4v) is 3.26. The third-order valence-corrected chi connectivity index (χ3v) is 4.84. The maximum atomic E-state index is 5.94. The van der Waals surface area contributed by atoms with Gasteiger partial charge in [0, 0.05) is 28.9 Å². The summed E-state index contributed by atoms with van der Waals surface area (Å²) in [5.74, 6) is 0. The molecule has 1 aromatic carbocycles. The Morgan fingerprint density at radius 1 is 1.24 bits per heavy atom. The minimum atomic E-state index is 0.252. The first kappa shape index (κ1) is 14.6. The average Bonchev–Trinajstić information content (AvgIpc) is 2.97. The van der Waals surface area contributed by atoms with Crippen molar-refractivity contribution in [2.45, 2.75) is 38.1 Å². The summed E-state index contributed by atoms with van der Waals surface area (Å²) in [5, 5.41) is 4.24. The number of benzene rings is 1. The van der Waals surface area contributed by atoms with E-state index in [2.05, 4.69) is 33.9 Å². The standard InChI is InChI=1S/C17H22ClN3/c1-17(7-9-19-10-8-17)16-12-20-13-21(16)11-6-14-2-4-15(18)5-3-14/h2-5,12-13,19H,6-11H2,1H3. The highest BCUT2D eigenvalue weighted by Crippen LogP contribution is 2.32. The van der Waals surface area contributed by atoms with Gasteiger partial charge in [-0.2, -0.15) is 0 Å². The molecule has 0 unspecified atom stereocenters. The number of hydrogen-bond acceptors (Lipinski definition) is 2. The SMILES string of the molecule is CC1(c2cncn2CCc2ccc(Cl)cc2)CCNCC1. The van der Waals surface area contributed by atoms with E-state index in [1.165, 1.54) is 24.1 Å². The van der Waals surface area contributed by atoms with Crippen molar-refractivity contribution < 1.29 is 0 Å². The van der Waals surface area contributed by atoms with Gasteiger partial charge in [-0.15, -0.1) is 0 Å². The van der Waals surface area contributed by atoms with Crippen molar-refractivity contribution in [2.24, 2.45) is 0 Å². The van der Waals surface area contributed by atoms with E-state index in [9.17, 15) is 0 Å². The zero-order valence-electron chi connectivity index (χ0n) is 12.5. The molecule has 3 nitrogen and oxygen atoms in total. The predicted molar refractivity (Wildman–Crippen MR) is 86.8 cm³/mol. The molecule has 0 bridgehead atoms. The maximum Gasteiger partial charge on any atom is 0.0948 e. The molecular formula is C17H22ClN3. The summed E-state index contributed by atoms with van der Waals surface area (Å²) in [4.78, 5) is 4.39. The van der Waals surface area contributed by atoms with Gasteiger partial charge in [-0.1, -0.05) is 30.7 Å². The van der Waals surface area contributed by atoms with E-state index in [0.29, 0.717) is 0 Å². The molecular weight excluding hydrogens is 282 g/mol. The van der Waals surface area contributed by atoms with Gasteiger partial charge in [0.25, 0.3) is 0 Å². The van der Waals surface area contributed by atoms with Gasteiger partial charge in [0.1, 0.15) is 0 Å². The van der Waals surface area contributed by atoms with E-state index in [1.807, 2.05) is 24.7 Å². The number of piperidine rings is 1. The molecule has 3 rings (SSSR count). The van der Waals surface area contributed by atoms with Crippen LogP contribution >= 0.6 is 11.6 Å². The first-order valence-corrected chi connectivity index (χ1v) is 8.01. The van der Waals surface area contributed by atoms with E-state index in [4.69, 9.17) is 11.6 Å². The van der Waals surface area contributed by atoms with Gasteiger partial charge in [-0.3, -0.25) is 0 Å². The summed E-state index contributed by atoms with van der Waals surface area (Å²) >= 11 is 5.94. The summed E-state index contributed by atoms with van der Waals surface area (Å²) in [6, 6.07) is 8.12. The number of nitrogens with zero attached hydrogens (tertiary/aromatic N) is 2.